The zero-order valence-electron chi connectivity index (χ0n) is 12.0. The molecular weight excluding hydrogens is 208 g/mol. The van der Waals surface area contributed by atoms with E-state index in [0.29, 0.717) is 12.2 Å². The van der Waals surface area contributed by atoms with Gasteiger partial charge < -0.3 is 4.74 Å². The summed E-state index contributed by atoms with van der Waals surface area (Å²) in [5.74, 6) is 0.735. The Morgan fingerprint density at radius 2 is 1.94 bits per heavy atom. The molecule has 0 spiro atoms. The summed E-state index contributed by atoms with van der Waals surface area (Å²) in [6, 6.07) is 0. The predicted octanol–water partition coefficient (Wildman–Crippen LogP) is 5.11. The first-order chi connectivity index (χ1) is 8.27. The fourth-order valence-corrected chi connectivity index (χ4v) is 2.60. The minimum absolute atomic E-state index is 0.471. The zero-order valence-corrected chi connectivity index (χ0v) is 12.0. The SMILES string of the molecule is CC/C=C/C[C@@H]1O[C@@H](CCCCC)CC[C@@H]1C. The van der Waals surface area contributed by atoms with E-state index in [4.69, 9.17) is 4.74 Å². The van der Waals surface area contributed by atoms with Gasteiger partial charge in [0, 0.05) is 0 Å². The van der Waals surface area contributed by atoms with Crippen molar-refractivity contribution in [2.75, 3.05) is 0 Å². The third kappa shape index (κ3) is 5.72. The van der Waals surface area contributed by atoms with Gasteiger partial charge in [0.25, 0.3) is 0 Å². The Balaban J connectivity index is 2.28. The lowest BCUT2D eigenvalue weighted by Gasteiger charge is -2.34. The Labute approximate surface area is 108 Å². The number of allylic oxidation sites excluding steroid dienone is 1. The van der Waals surface area contributed by atoms with E-state index in [1.165, 1.54) is 38.5 Å². The molecular formula is C16H30O. The lowest BCUT2D eigenvalue weighted by atomic mass is 9.90. The van der Waals surface area contributed by atoms with Crippen LogP contribution in [0.3, 0.4) is 0 Å². The minimum Gasteiger partial charge on any atom is -0.374 e. The number of unbranched alkanes of at least 4 members (excludes halogenated alkanes) is 2. The van der Waals surface area contributed by atoms with E-state index < -0.39 is 0 Å². The van der Waals surface area contributed by atoms with Crippen molar-refractivity contribution >= 4 is 0 Å². The van der Waals surface area contributed by atoms with Crippen molar-refractivity contribution in [1.29, 1.82) is 0 Å². The van der Waals surface area contributed by atoms with E-state index in [0.717, 1.165) is 18.8 Å². The minimum atomic E-state index is 0.471. The summed E-state index contributed by atoms with van der Waals surface area (Å²) in [5.41, 5.74) is 0. The highest BCUT2D eigenvalue weighted by atomic mass is 16.5. The van der Waals surface area contributed by atoms with Gasteiger partial charge in [-0.2, -0.15) is 0 Å². The van der Waals surface area contributed by atoms with Gasteiger partial charge >= 0.3 is 0 Å². The molecule has 1 aliphatic heterocycles. The Hall–Kier alpha value is -0.300. The molecule has 0 N–H and O–H groups in total. The molecule has 0 saturated carbocycles. The molecule has 17 heavy (non-hydrogen) atoms. The van der Waals surface area contributed by atoms with Gasteiger partial charge in [-0.3, -0.25) is 0 Å². The van der Waals surface area contributed by atoms with Crippen LogP contribution in [0.2, 0.25) is 0 Å². The molecule has 3 atom stereocenters. The smallest absolute Gasteiger partial charge is 0.0638 e. The first kappa shape index (κ1) is 14.8. The molecule has 1 nitrogen and oxygen atoms in total. The van der Waals surface area contributed by atoms with Crippen molar-refractivity contribution in [2.45, 2.75) is 84.3 Å². The summed E-state index contributed by atoms with van der Waals surface area (Å²) in [6.45, 7) is 6.80. The van der Waals surface area contributed by atoms with Crippen molar-refractivity contribution in [2.24, 2.45) is 5.92 Å². The van der Waals surface area contributed by atoms with Gasteiger partial charge in [0.15, 0.2) is 0 Å². The predicted molar refractivity (Wildman–Crippen MR) is 75.2 cm³/mol. The molecule has 100 valence electrons. The Morgan fingerprint density at radius 1 is 1.12 bits per heavy atom. The summed E-state index contributed by atoms with van der Waals surface area (Å²) in [6.07, 6.45) is 15.7. The quantitative estimate of drug-likeness (QED) is 0.442. The van der Waals surface area contributed by atoms with Crippen molar-refractivity contribution in [1.82, 2.24) is 0 Å². The van der Waals surface area contributed by atoms with Crippen molar-refractivity contribution < 1.29 is 4.74 Å². The molecule has 0 amide bonds. The Morgan fingerprint density at radius 3 is 2.65 bits per heavy atom. The maximum Gasteiger partial charge on any atom is 0.0638 e. The first-order valence-corrected chi connectivity index (χ1v) is 7.58. The summed E-state index contributed by atoms with van der Waals surface area (Å²) < 4.78 is 6.24. The highest BCUT2D eigenvalue weighted by Gasteiger charge is 2.26. The van der Waals surface area contributed by atoms with Crippen LogP contribution in [-0.4, -0.2) is 12.2 Å². The number of ether oxygens (including phenoxy) is 1. The topological polar surface area (TPSA) is 9.23 Å². The third-order valence-corrected chi connectivity index (χ3v) is 3.85. The van der Waals surface area contributed by atoms with Crippen molar-refractivity contribution in [3.63, 3.8) is 0 Å². The summed E-state index contributed by atoms with van der Waals surface area (Å²) in [7, 11) is 0. The largest absolute Gasteiger partial charge is 0.374 e. The van der Waals surface area contributed by atoms with E-state index in [1.807, 2.05) is 0 Å². The zero-order chi connectivity index (χ0) is 12.5. The van der Waals surface area contributed by atoms with E-state index in [-0.39, 0.29) is 0 Å². The molecule has 0 radical (unpaired) electrons. The van der Waals surface area contributed by atoms with Crippen LogP contribution < -0.4 is 0 Å². The molecule has 1 heteroatoms. The lowest BCUT2D eigenvalue weighted by Crippen LogP contribution is -2.33. The van der Waals surface area contributed by atoms with Gasteiger partial charge in [0.1, 0.15) is 0 Å². The third-order valence-electron chi connectivity index (χ3n) is 3.85. The van der Waals surface area contributed by atoms with Crippen molar-refractivity contribution in [3.05, 3.63) is 12.2 Å². The maximum absolute atomic E-state index is 6.24. The number of hydrogen-bond acceptors (Lipinski definition) is 1. The van der Waals surface area contributed by atoms with E-state index in [2.05, 4.69) is 32.9 Å². The monoisotopic (exact) mass is 238 g/mol. The average molecular weight is 238 g/mol. The first-order valence-electron chi connectivity index (χ1n) is 7.58. The van der Waals surface area contributed by atoms with Gasteiger partial charge in [-0.15, -0.1) is 0 Å². The molecule has 0 aromatic heterocycles. The van der Waals surface area contributed by atoms with Gasteiger partial charge in [-0.05, 0) is 38.0 Å². The van der Waals surface area contributed by atoms with E-state index in [1.54, 1.807) is 0 Å². The molecule has 1 aliphatic rings. The summed E-state index contributed by atoms with van der Waals surface area (Å²) >= 11 is 0. The van der Waals surface area contributed by atoms with Gasteiger partial charge in [0.05, 0.1) is 12.2 Å². The second kappa shape index (κ2) is 8.74. The van der Waals surface area contributed by atoms with Gasteiger partial charge in [0.2, 0.25) is 0 Å². The fourth-order valence-electron chi connectivity index (χ4n) is 2.60. The van der Waals surface area contributed by atoms with E-state index >= 15 is 0 Å². The second-order valence-corrected chi connectivity index (χ2v) is 5.46. The van der Waals surface area contributed by atoms with Crippen LogP contribution in [0.4, 0.5) is 0 Å². The highest BCUT2D eigenvalue weighted by Crippen LogP contribution is 2.29. The molecule has 0 bridgehead atoms. The van der Waals surface area contributed by atoms with Crippen LogP contribution in [0, 0.1) is 5.92 Å². The molecule has 1 rings (SSSR count). The Kier molecular flexibility index (Phi) is 7.59. The van der Waals surface area contributed by atoms with Gasteiger partial charge in [-0.1, -0.05) is 52.2 Å². The number of rotatable bonds is 7. The van der Waals surface area contributed by atoms with Crippen molar-refractivity contribution in [3.8, 4) is 0 Å². The second-order valence-electron chi connectivity index (χ2n) is 5.46. The van der Waals surface area contributed by atoms with Crippen LogP contribution in [0.15, 0.2) is 12.2 Å². The standard InChI is InChI=1S/C16H30O/c1-4-6-8-10-15-13-12-14(3)16(17-15)11-9-7-5-2/h7,9,14-16H,4-6,8,10-13H2,1-3H3/b9-7+/t14-,15-,16-/m0/s1. The normalized spacial score (nSPS) is 29.9. The summed E-state index contributed by atoms with van der Waals surface area (Å²) in [4.78, 5) is 0. The Bertz CT molecular complexity index is 210. The highest BCUT2D eigenvalue weighted by molar-refractivity contribution is 4.87. The lowest BCUT2D eigenvalue weighted by molar-refractivity contribution is -0.0800. The van der Waals surface area contributed by atoms with E-state index in [9.17, 15) is 0 Å². The molecule has 1 fully saturated rings. The maximum atomic E-state index is 6.24. The number of hydrogen-bond donors (Lipinski definition) is 0. The molecule has 0 aromatic rings. The molecule has 1 saturated heterocycles. The average Bonchev–Trinajstić information content (AvgIpc) is 2.33. The molecule has 0 aliphatic carbocycles. The van der Waals surface area contributed by atoms with Crippen LogP contribution in [0.5, 0.6) is 0 Å². The van der Waals surface area contributed by atoms with Crippen LogP contribution in [-0.2, 0) is 4.74 Å². The fraction of sp³-hybridized carbons (Fsp3) is 0.875. The molecule has 0 aromatic carbocycles. The van der Waals surface area contributed by atoms with Crippen LogP contribution >= 0.6 is 0 Å². The van der Waals surface area contributed by atoms with Gasteiger partial charge in [-0.25, -0.2) is 0 Å². The molecule has 0 unspecified atom stereocenters. The van der Waals surface area contributed by atoms with Crippen LogP contribution in [0.25, 0.3) is 0 Å². The molecule has 1 heterocycles. The van der Waals surface area contributed by atoms with Crippen LogP contribution in [0.1, 0.15) is 72.1 Å². The summed E-state index contributed by atoms with van der Waals surface area (Å²) in [5, 5.41) is 0.